The number of aryl methyl sites for hydroxylation is 2. The van der Waals surface area contributed by atoms with Crippen molar-refractivity contribution < 1.29 is 4.74 Å². The average molecular weight is 1800 g/mol. The predicted octanol–water partition coefficient (Wildman–Crippen LogP) is 35.4. The van der Waals surface area contributed by atoms with Crippen LogP contribution in [0.25, 0.3) is 65.0 Å². The number of rotatable bonds is 7. The molecule has 5 nitrogen and oxygen atoms in total. The van der Waals surface area contributed by atoms with Gasteiger partial charge in [0.25, 0.3) is 0 Å². The van der Waals surface area contributed by atoms with Crippen LogP contribution in [0.15, 0.2) is 297 Å². The lowest BCUT2D eigenvalue weighted by atomic mass is 9.50. The van der Waals surface area contributed by atoms with Crippen LogP contribution in [0.3, 0.4) is 0 Å². The molecule has 0 spiro atoms. The number of fused-ring (bicyclic) bond motifs is 23. The lowest BCUT2D eigenvalue weighted by Crippen LogP contribution is -2.46. The third-order valence-corrected chi connectivity index (χ3v) is 36.7. The van der Waals surface area contributed by atoms with Gasteiger partial charge in [-0.05, 0) is 256 Å². The molecule has 16 aromatic rings. The van der Waals surface area contributed by atoms with Gasteiger partial charge in [0.1, 0.15) is 0 Å². The lowest BCUT2D eigenvalue weighted by Gasteiger charge is -2.55. The Morgan fingerprint density at radius 1 is 0.343 bits per heavy atom. The van der Waals surface area contributed by atoms with E-state index in [9.17, 15) is 0 Å². The molecule has 4 saturated carbocycles. The Labute approximate surface area is 817 Å². The molecular weight excluding hydrogens is 1660 g/mol. The number of anilines is 8. The van der Waals surface area contributed by atoms with Crippen LogP contribution in [0.2, 0.25) is 0 Å². The predicted molar refractivity (Wildman–Crippen MR) is 587 cm³/mol. The summed E-state index contributed by atoms with van der Waals surface area (Å²) in [6.07, 6.45) is 10.5. The number of ether oxygens (including phenoxy) is 1. The fourth-order valence-electron chi connectivity index (χ4n) is 27.5. The molecule has 0 saturated heterocycles. The summed E-state index contributed by atoms with van der Waals surface area (Å²) in [7, 11) is 9.00. The van der Waals surface area contributed by atoms with Crippen LogP contribution in [0.5, 0.6) is 11.5 Å². The molecule has 0 aromatic heterocycles. The Balaban J connectivity index is 0.000000111. The quantitative estimate of drug-likeness (QED) is 0.148. The molecule has 4 bridgehead atoms. The molecule has 9 aliphatic rings. The van der Waals surface area contributed by atoms with Crippen molar-refractivity contribution in [3.05, 3.63) is 381 Å². The SMILES string of the molecule is CCC(C)(C)c1ccc2c(c1)c1c(c3ccccc32)N(C)c2ccc(C)cc2C(C)(C)C1(C)C.CCc1cc2c(c3ccccc13)Oc1c(ccc3ccccc13)N2C.CN1c2cc(C3C4CC5CC(C4)CC3C5)ccc2C(C)(c2ccccc2)C(C)(c2ccccc2)c2ccc3ccccc3c21.CN1c2ccc(CC(C)(C)C)cc2C(C)(C)C(C)(C)c2c1ccc1c2-c2ccccc2C1(C)C. The van der Waals surface area contributed by atoms with Gasteiger partial charge in [0.05, 0.1) is 22.7 Å². The average Bonchev–Trinajstić information content (AvgIpc) is 1.44. The third-order valence-electron chi connectivity index (χ3n) is 36.7. The first kappa shape index (κ1) is 91.2. The fourth-order valence-corrected chi connectivity index (χ4v) is 27.5. The normalized spacial score (nSPS) is 21.5. The first-order valence-corrected chi connectivity index (χ1v) is 51.3. The molecule has 137 heavy (non-hydrogen) atoms. The maximum atomic E-state index is 6.53. The summed E-state index contributed by atoms with van der Waals surface area (Å²) in [5.74, 6) is 6.32. The van der Waals surface area contributed by atoms with E-state index in [4.69, 9.17) is 4.74 Å². The van der Waals surface area contributed by atoms with Crippen molar-refractivity contribution in [1.29, 1.82) is 0 Å². The molecule has 4 heterocycles. The first-order valence-electron chi connectivity index (χ1n) is 51.3. The number of hydrogen-bond donors (Lipinski definition) is 0. The van der Waals surface area contributed by atoms with E-state index in [2.05, 4.69) is 484 Å². The van der Waals surface area contributed by atoms with Gasteiger partial charge in [-0.2, -0.15) is 0 Å². The molecule has 16 aromatic carbocycles. The zero-order valence-electron chi connectivity index (χ0n) is 86.0. The van der Waals surface area contributed by atoms with Gasteiger partial charge in [0.2, 0.25) is 0 Å². The Bertz CT molecular complexity index is 7470. The van der Waals surface area contributed by atoms with E-state index in [1.807, 2.05) is 0 Å². The third kappa shape index (κ3) is 14.1. The smallest absolute Gasteiger partial charge is 0.159 e. The van der Waals surface area contributed by atoms with E-state index in [0.29, 0.717) is 5.92 Å². The van der Waals surface area contributed by atoms with Crippen molar-refractivity contribution in [3.63, 3.8) is 0 Å². The fraction of sp³-hybridized carbons (Fsp3) is 0.348. The summed E-state index contributed by atoms with van der Waals surface area (Å²) in [6, 6.07) is 112. The van der Waals surface area contributed by atoms with Crippen LogP contribution in [0.4, 0.5) is 45.5 Å². The molecule has 5 aliphatic carbocycles. The van der Waals surface area contributed by atoms with Crippen molar-refractivity contribution in [2.24, 2.45) is 29.1 Å². The molecular formula is C132H142N4O. The van der Waals surface area contributed by atoms with Gasteiger partial charge in [-0.3, -0.25) is 0 Å². The zero-order valence-corrected chi connectivity index (χ0v) is 86.0. The van der Waals surface area contributed by atoms with Crippen molar-refractivity contribution in [3.8, 4) is 22.6 Å². The molecule has 4 fully saturated rings. The highest BCUT2D eigenvalue weighted by Crippen LogP contribution is 2.67. The summed E-state index contributed by atoms with van der Waals surface area (Å²) in [4.78, 5) is 9.75. The van der Waals surface area contributed by atoms with E-state index >= 15 is 0 Å². The number of hydrogen-bond acceptors (Lipinski definition) is 5. The van der Waals surface area contributed by atoms with Crippen LogP contribution in [0.1, 0.15) is 259 Å². The summed E-state index contributed by atoms with van der Waals surface area (Å²) >= 11 is 0. The minimum Gasteiger partial charge on any atom is -0.452 e. The molecule has 2 atom stereocenters. The van der Waals surface area contributed by atoms with Crippen molar-refractivity contribution >= 4 is 99.4 Å². The maximum absolute atomic E-state index is 6.53. The first-order chi connectivity index (χ1) is 65.3. The lowest BCUT2D eigenvalue weighted by molar-refractivity contribution is -0.00277. The van der Waals surface area contributed by atoms with E-state index in [1.54, 1.807) is 5.56 Å². The summed E-state index contributed by atoms with van der Waals surface area (Å²) in [6.45, 7) is 47.9. The summed E-state index contributed by atoms with van der Waals surface area (Å²) in [5, 5.41) is 12.9. The number of nitrogens with zero attached hydrogens (tertiary/aromatic N) is 4. The summed E-state index contributed by atoms with van der Waals surface area (Å²) in [5.41, 5.74) is 34.1. The molecule has 696 valence electrons. The van der Waals surface area contributed by atoms with Gasteiger partial charge in [0, 0.05) is 110 Å². The zero-order chi connectivity index (χ0) is 96.1. The minimum absolute atomic E-state index is 0.0127. The van der Waals surface area contributed by atoms with E-state index < -0.39 is 0 Å². The van der Waals surface area contributed by atoms with Gasteiger partial charge in [-0.1, -0.05) is 398 Å². The molecule has 25 rings (SSSR count). The van der Waals surface area contributed by atoms with Gasteiger partial charge in [0.15, 0.2) is 11.5 Å². The Hall–Kier alpha value is -12.2. The molecule has 0 amide bonds. The van der Waals surface area contributed by atoms with Gasteiger partial charge in [-0.25, -0.2) is 0 Å². The van der Waals surface area contributed by atoms with Gasteiger partial charge < -0.3 is 24.3 Å². The van der Waals surface area contributed by atoms with Crippen LogP contribution in [0, 0.1) is 36.0 Å². The molecule has 2 unspecified atom stereocenters. The monoisotopic (exact) mass is 1800 g/mol. The second-order valence-electron chi connectivity index (χ2n) is 47.1. The number of benzene rings is 16. The molecule has 4 aliphatic heterocycles. The van der Waals surface area contributed by atoms with Crippen molar-refractivity contribution in [1.82, 2.24) is 0 Å². The molecule has 0 radical (unpaired) electrons. The van der Waals surface area contributed by atoms with Gasteiger partial charge in [-0.15, -0.1) is 0 Å². The van der Waals surface area contributed by atoms with Crippen LogP contribution >= 0.6 is 0 Å². The van der Waals surface area contributed by atoms with E-state index in [1.165, 1.54) is 204 Å². The highest BCUT2D eigenvalue weighted by atomic mass is 16.5. The van der Waals surface area contributed by atoms with Crippen molar-refractivity contribution in [2.75, 3.05) is 47.8 Å². The Kier molecular flexibility index (Phi) is 22.0. The molecule has 0 N–H and O–H groups in total. The molecule has 5 heteroatoms. The minimum atomic E-state index is -0.335. The Morgan fingerprint density at radius 3 is 1.49 bits per heavy atom. The topological polar surface area (TPSA) is 22.2 Å². The van der Waals surface area contributed by atoms with Gasteiger partial charge >= 0.3 is 0 Å². The second kappa shape index (κ2) is 33.0. The van der Waals surface area contributed by atoms with E-state index in [0.717, 1.165) is 71.2 Å². The standard InChI is InChI=1S/C43H43N.C33H41N.C33H39N.C23H19NO/c1-42(34-13-6-4-7-14-34)37-20-19-31(40-32-23-28-22-29(25-32)26-33(40)24-28)27-39(37)44(3)41-36-17-11-10-12-30(36)18-21-38(41)43(42,2)35-15-8-5-9-16-35;1-30(2,3)20-21-15-17-26-25(19-21)32(6,7)33(8,9)29-27(34(26)10)18-16-24-28(29)22-13-11-12-14-23(22)31(24,4)5;1-10-31(3,4)22-16-17-24-23-13-11-12-14-25(23)30-29(26(24)20-22)33(7,8)32(5,6)27-19-21(2)15-18-28(27)34(30)9;1-3-15-14-21-23(19-11-7-6-9-17(15)19)25-22-18-10-5-4-8-16(18)12-13-20(22)24(21)2/h4-21,27-29,32-33,40H,22-26H2,1-3H3;11-19H,20H2,1-10H3;11-20H,10H2,1-9H3;4-14H,3H2,1-2H3. The van der Waals surface area contributed by atoms with Crippen LogP contribution in [-0.4, -0.2) is 28.2 Å². The highest BCUT2D eigenvalue weighted by Gasteiger charge is 2.57. The van der Waals surface area contributed by atoms with Crippen LogP contribution in [-0.2, 0) is 56.2 Å². The summed E-state index contributed by atoms with van der Waals surface area (Å²) < 4.78 is 6.53. The highest BCUT2D eigenvalue weighted by molar-refractivity contribution is 6.17. The maximum Gasteiger partial charge on any atom is 0.159 e. The Morgan fingerprint density at radius 2 is 0.839 bits per heavy atom. The second-order valence-corrected chi connectivity index (χ2v) is 47.1. The van der Waals surface area contributed by atoms with E-state index in [-0.39, 0.29) is 48.7 Å². The van der Waals surface area contributed by atoms with Crippen molar-refractivity contribution in [2.45, 2.75) is 239 Å². The largest absolute Gasteiger partial charge is 0.452 e. The van der Waals surface area contributed by atoms with Crippen LogP contribution < -0.4 is 24.3 Å².